The van der Waals surface area contributed by atoms with Crippen LogP contribution in [0, 0.1) is 0 Å². The van der Waals surface area contributed by atoms with Gasteiger partial charge in [-0.15, -0.1) is 11.8 Å². The van der Waals surface area contributed by atoms with E-state index in [1.807, 2.05) is 68.4 Å². The first-order chi connectivity index (χ1) is 17.4. The highest BCUT2D eigenvalue weighted by Gasteiger charge is 2.35. The number of carbonyl (C=O) groups is 2. The molecule has 0 aliphatic carbocycles. The fraction of sp³-hybridized carbons (Fsp3) is 0.483. The van der Waals surface area contributed by atoms with E-state index >= 15 is 0 Å². The minimum absolute atomic E-state index is 0.0255. The summed E-state index contributed by atoms with van der Waals surface area (Å²) in [7, 11) is 0. The Morgan fingerprint density at radius 1 is 0.972 bits per heavy atom. The number of aliphatic imine (C=N–C) groups is 1. The maximum Gasteiger partial charge on any atom is 0.254 e. The molecule has 2 saturated heterocycles. The molecule has 0 bridgehead atoms. The number of hydrogen-bond donors (Lipinski definition) is 1. The third-order valence-electron chi connectivity index (χ3n) is 7.64. The molecule has 2 aromatic carbocycles. The molecule has 6 nitrogen and oxygen atoms in total. The summed E-state index contributed by atoms with van der Waals surface area (Å²) >= 11 is 1.71. The number of carbonyl (C=O) groups excluding carboxylic acids is 2. The average molecular weight is 505 g/mol. The van der Waals surface area contributed by atoms with Crippen LogP contribution < -0.4 is 5.32 Å². The van der Waals surface area contributed by atoms with Gasteiger partial charge < -0.3 is 15.1 Å². The lowest BCUT2D eigenvalue weighted by Crippen LogP contribution is -2.51. The zero-order valence-electron chi connectivity index (χ0n) is 21.3. The Balaban J connectivity index is 1.22. The van der Waals surface area contributed by atoms with Gasteiger partial charge in [-0.3, -0.25) is 14.6 Å². The van der Waals surface area contributed by atoms with Crippen molar-refractivity contribution in [3.05, 3.63) is 71.3 Å². The summed E-state index contributed by atoms with van der Waals surface area (Å²) in [4.78, 5) is 35.5. The lowest BCUT2D eigenvalue weighted by Gasteiger charge is -2.30. The lowest BCUT2D eigenvalue weighted by atomic mass is 9.95. The number of benzene rings is 2. The number of nitrogens with one attached hydrogen (secondary N) is 1. The number of hydrogen-bond acceptors (Lipinski definition) is 5. The molecule has 1 unspecified atom stereocenters. The molecule has 0 aromatic heterocycles. The Kier molecular flexibility index (Phi) is 7.49. The molecule has 0 spiro atoms. The molecule has 0 radical (unpaired) electrons. The molecule has 36 heavy (non-hydrogen) atoms. The Labute approximate surface area is 218 Å². The largest absolute Gasteiger partial charge is 0.345 e. The molecule has 2 aromatic rings. The monoisotopic (exact) mass is 504 g/mol. The molecule has 2 fully saturated rings. The van der Waals surface area contributed by atoms with E-state index in [1.54, 1.807) is 11.8 Å². The van der Waals surface area contributed by atoms with Gasteiger partial charge in [-0.05, 0) is 76.9 Å². The van der Waals surface area contributed by atoms with Gasteiger partial charge in [0.1, 0.15) is 0 Å². The molecule has 1 N–H and O–H groups in total. The van der Waals surface area contributed by atoms with Gasteiger partial charge in [-0.1, -0.05) is 30.3 Å². The number of nitrogens with zero attached hydrogens (tertiary/aromatic N) is 3. The summed E-state index contributed by atoms with van der Waals surface area (Å²) in [6.07, 6.45) is 4.75. The van der Waals surface area contributed by atoms with Crippen LogP contribution in [-0.4, -0.2) is 76.2 Å². The molecule has 3 aliphatic rings. The first kappa shape index (κ1) is 25.0. The number of rotatable bonds is 7. The molecule has 5 rings (SSSR count). The van der Waals surface area contributed by atoms with Gasteiger partial charge >= 0.3 is 0 Å². The van der Waals surface area contributed by atoms with E-state index < -0.39 is 5.54 Å². The van der Waals surface area contributed by atoms with Gasteiger partial charge in [0, 0.05) is 41.6 Å². The van der Waals surface area contributed by atoms with E-state index in [0.717, 1.165) is 47.9 Å². The Hall–Kier alpha value is -2.64. The van der Waals surface area contributed by atoms with Crippen molar-refractivity contribution < 1.29 is 9.59 Å². The molecule has 190 valence electrons. The Morgan fingerprint density at radius 2 is 1.69 bits per heavy atom. The first-order valence-electron chi connectivity index (χ1n) is 13.1. The first-order valence-corrected chi connectivity index (χ1v) is 14.1. The molecule has 2 amide bonds. The van der Waals surface area contributed by atoms with Crippen molar-refractivity contribution in [2.24, 2.45) is 4.99 Å². The SMILES string of the molecule is CC(C)(NC(=O)c1ccccc1)C1CSC(c2ccc(C(=O)N3CCC[C@H]3CN3CCCC3)cc2)=N1. The van der Waals surface area contributed by atoms with E-state index in [2.05, 4.69) is 15.1 Å². The minimum Gasteiger partial charge on any atom is -0.345 e. The number of amides is 2. The van der Waals surface area contributed by atoms with Crippen molar-refractivity contribution in [3.8, 4) is 0 Å². The summed E-state index contributed by atoms with van der Waals surface area (Å²) in [6, 6.07) is 17.5. The summed E-state index contributed by atoms with van der Waals surface area (Å²) in [5.41, 5.74) is 1.96. The Bertz CT molecular complexity index is 1110. The minimum atomic E-state index is -0.475. The highest BCUT2D eigenvalue weighted by molar-refractivity contribution is 8.14. The quantitative estimate of drug-likeness (QED) is 0.605. The predicted molar refractivity (Wildman–Crippen MR) is 147 cm³/mol. The highest BCUT2D eigenvalue weighted by atomic mass is 32.2. The van der Waals surface area contributed by atoms with Crippen LogP contribution in [0.1, 0.15) is 65.8 Å². The van der Waals surface area contributed by atoms with Crippen LogP contribution in [-0.2, 0) is 0 Å². The molecule has 2 atom stereocenters. The smallest absolute Gasteiger partial charge is 0.254 e. The summed E-state index contributed by atoms with van der Waals surface area (Å²) in [5.74, 6) is 0.873. The highest BCUT2D eigenvalue weighted by Crippen LogP contribution is 2.30. The fourth-order valence-electron chi connectivity index (χ4n) is 5.42. The van der Waals surface area contributed by atoms with Gasteiger partial charge in [0.15, 0.2) is 0 Å². The zero-order valence-corrected chi connectivity index (χ0v) is 22.1. The second-order valence-corrected chi connectivity index (χ2v) is 11.7. The second-order valence-electron chi connectivity index (χ2n) is 10.7. The van der Waals surface area contributed by atoms with Gasteiger partial charge in [0.05, 0.1) is 16.6 Å². The van der Waals surface area contributed by atoms with Crippen molar-refractivity contribution in [2.75, 3.05) is 31.9 Å². The molecular formula is C29H36N4O2S. The molecule has 0 saturated carbocycles. The maximum absolute atomic E-state index is 13.3. The molecule has 3 aliphatic heterocycles. The maximum atomic E-state index is 13.3. The summed E-state index contributed by atoms with van der Waals surface area (Å²) in [5, 5.41) is 4.13. The van der Waals surface area contributed by atoms with Crippen LogP contribution >= 0.6 is 11.8 Å². The topological polar surface area (TPSA) is 65.0 Å². The molecule has 7 heteroatoms. The van der Waals surface area contributed by atoms with E-state index in [1.165, 1.54) is 25.9 Å². The van der Waals surface area contributed by atoms with Crippen LogP contribution in [0.25, 0.3) is 0 Å². The van der Waals surface area contributed by atoms with Crippen molar-refractivity contribution >= 4 is 28.6 Å². The molecule has 3 heterocycles. The standard InChI is InChI=1S/C29H36N4O2S/c1-29(2,31-26(34)21-9-4-3-5-10-21)25-20-36-27(30-25)22-12-14-23(15-13-22)28(35)33-18-8-11-24(33)19-32-16-6-7-17-32/h3-5,9-10,12-15,24-25H,6-8,11,16-20H2,1-2H3,(H,31,34)/t24-,25?/m0/s1. The van der Waals surface area contributed by atoms with Gasteiger partial charge in [0.2, 0.25) is 0 Å². The summed E-state index contributed by atoms with van der Waals surface area (Å²) < 4.78 is 0. The predicted octanol–water partition coefficient (Wildman–Crippen LogP) is 4.46. The van der Waals surface area contributed by atoms with Crippen molar-refractivity contribution in [1.29, 1.82) is 0 Å². The van der Waals surface area contributed by atoms with E-state index in [0.29, 0.717) is 11.6 Å². The van der Waals surface area contributed by atoms with Crippen LogP contribution in [0.4, 0.5) is 0 Å². The average Bonchev–Trinajstić information content (AvgIpc) is 3.67. The van der Waals surface area contributed by atoms with E-state index in [4.69, 9.17) is 4.99 Å². The van der Waals surface area contributed by atoms with Crippen LogP contribution in [0.3, 0.4) is 0 Å². The van der Waals surface area contributed by atoms with Gasteiger partial charge in [0.25, 0.3) is 11.8 Å². The number of likely N-dealkylation sites (tertiary alicyclic amines) is 2. The van der Waals surface area contributed by atoms with Crippen molar-refractivity contribution in [2.45, 2.75) is 57.2 Å². The fourth-order valence-corrected chi connectivity index (χ4v) is 6.73. The summed E-state index contributed by atoms with van der Waals surface area (Å²) in [6.45, 7) is 8.26. The van der Waals surface area contributed by atoms with E-state index in [9.17, 15) is 9.59 Å². The van der Waals surface area contributed by atoms with Gasteiger partial charge in [-0.2, -0.15) is 0 Å². The number of thioether (sulfide) groups is 1. The Morgan fingerprint density at radius 3 is 2.42 bits per heavy atom. The third kappa shape index (κ3) is 5.52. The van der Waals surface area contributed by atoms with E-state index in [-0.39, 0.29) is 17.9 Å². The van der Waals surface area contributed by atoms with Crippen LogP contribution in [0.15, 0.2) is 59.6 Å². The van der Waals surface area contributed by atoms with Gasteiger partial charge in [-0.25, -0.2) is 0 Å². The zero-order chi connectivity index (χ0) is 25.1. The third-order valence-corrected chi connectivity index (χ3v) is 8.74. The normalized spacial score (nSPS) is 22.6. The van der Waals surface area contributed by atoms with Crippen molar-refractivity contribution in [1.82, 2.24) is 15.1 Å². The molecular weight excluding hydrogens is 468 g/mol. The van der Waals surface area contributed by atoms with Crippen molar-refractivity contribution in [3.63, 3.8) is 0 Å². The van der Waals surface area contributed by atoms with Crippen LogP contribution in [0.2, 0.25) is 0 Å². The van der Waals surface area contributed by atoms with Crippen LogP contribution in [0.5, 0.6) is 0 Å². The second kappa shape index (κ2) is 10.8. The lowest BCUT2D eigenvalue weighted by molar-refractivity contribution is 0.0708.